The molecule has 6 heteroatoms. The van der Waals surface area contributed by atoms with Crippen LogP contribution in [0.15, 0.2) is 54.6 Å². The number of rotatable bonds is 4. The van der Waals surface area contributed by atoms with Gasteiger partial charge in [-0.05, 0) is 30.3 Å². The number of aromatic nitrogens is 1. The molecule has 0 N–H and O–H groups in total. The van der Waals surface area contributed by atoms with Gasteiger partial charge in [-0.1, -0.05) is 24.3 Å². The fraction of sp³-hybridized carbons (Fsp3) is 0.167. The molecule has 0 saturated carbocycles. The van der Waals surface area contributed by atoms with E-state index in [0.29, 0.717) is 17.0 Å². The van der Waals surface area contributed by atoms with E-state index in [0.717, 1.165) is 17.5 Å². The zero-order chi connectivity index (χ0) is 17.2. The number of benzene rings is 2. The minimum Gasteiger partial charge on any atom is -0.494 e. The van der Waals surface area contributed by atoms with Gasteiger partial charge in [-0.3, -0.25) is 0 Å². The Labute approximate surface area is 136 Å². The summed E-state index contributed by atoms with van der Waals surface area (Å²) in [4.78, 5) is 4.46. The topological polar surface area (TPSA) is 31.4 Å². The van der Waals surface area contributed by atoms with Gasteiger partial charge in [0.15, 0.2) is 0 Å². The number of halogens is 3. The molecular weight excluding hydrogens is 319 g/mol. The van der Waals surface area contributed by atoms with Gasteiger partial charge < -0.3 is 9.47 Å². The zero-order valence-corrected chi connectivity index (χ0v) is 12.8. The van der Waals surface area contributed by atoms with Gasteiger partial charge in [0.1, 0.15) is 23.6 Å². The molecule has 2 aromatic carbocycles. The number of para-hydroxylation sites is 1. The lowest BCUT2D eigenvalue weighted by molar-refractivity contribution is -0.137. The third kappa shape index (κ3) is 3.42. The lowest BCUT2D eigenvalue weighted by Gasteiger charge is -2.11. The van der Waals surface area contributed by atoms with E-state index in [2.05, 4.69) is 4.98 Å². The largest absolute Gasteiger partial charge is 0.494 e. The summed E-state index contributed by atoms with van der Waals surface area (Å²) in [5.41, 5.74) is 0.544. The number of ether oxygens (including phenoxy) is 2. The van der Waals surface area contributed by atoms with Crippen LogP contribution in [0.4, 0.5) is 13.2 Å². The van der Waals surface area contributed by atoms with Crippen molar-refractivity contribution in [1.29, 1.82) is 0 Å². The van der Waals surface area contributed by atoms with Crippen LogP contribution in [0, 0.1) is 0 Å². The Balaban J connectivity index is 1.81. The maximum atomic E-state index is 12.7. The Hall–Kier alpha value is -2.76. The van der Waals surface area contributed by atoms with E-state index < -0.39 is 11.7 Å². The molecule has 0 aliphatic heterocycles. The van der Waals surface area contributed by atoms with Crippen molar-refractivity contribution in [1.82, 2.24) is 4.98 Å². The molecule has 3 nitrogen and oxygen atoms in total. The number of alkyl halides is 3. The lowest BCUT2D eigenvalue weighted by atomic mass is 10.2. The molecule has 0 saturated heterocycles. The second-order valence-electron chi connectivity index (χ2n) is 5.15. The average Bonchev–Trinajstić information content (AvgIpc) is 2.58. The van der Waals surface area contributed by atoms with Crippen LogP contribution in [-0.4, -0.2) is 12.1 Å². The summed E-state index contributed by atoms with van der Waals surface area (Å²) < 4.78 is 48.8. The van der Waals surface area contributed by atoms with Crippen molar-refractivity contribution < 1.29 is 22.6 Å². The second kappa shape index (κ2) is 6.39. The zero-order valence-electron chi connectivity index (χ0n) is 12.8. The van der Waals surface area contributed by atoms with Crippen LogP contribution in [0.1, 0.15) is 11.3 Å². The van der Waals surface area contributed by atoms with E-state index in [4.69, 9.17) is 9.47 Å². The first kappa shape index (κ1) is 16.1. The molecule has 0 bridgehead atoms. The van der Waals surface area contributed by atoms with E-state index >= 15 is 0 Å². The van der Waals surface area contributed by atoms with Gasteiger partial charge in [0.05, 0.1) is 18.4 Å². The molecule has 3 rings (SSSR count). The first-order valence-corrected chi connectivity index (χ1v) is 7.20. The predicted octanol–water partition coefficient (Wildman–Crippen LogP) is 4.84. The van der Waals surface area contributed by atoms with Crippen molar-refractivity contribution in [2.24, 2.45) is 0 Å². The van der Waals surface area contributed by atoms with E-state index in [1.165, 1.54) is 12.1 Å². The van der Waals surface area contributed by atoms with Gasteiger partial charge in [0, 0.05) is 5.39 Å². The van der Waals surface area contributed by atoms with Crippen molar-refractivity contribution in [2.45, 2.75) is 12.8 Å². The van der Waals surface area contributed by atoms with Crippen molar-refractivity contribution >= 4 is 10.9 Å². The molecule has 0 spiro atoms. The summed E-state index contributed by atoms with van der Waals surface area (Å²) in [5.74, 6) is 0.778. The summed E-state index contributed by atoms with van der Waals surface area (Å²) in [7, 11) is 1.56. The fourth-order valence-electron chi connectivity index (χ4n) is 2.32. The van der Waals surface area contributed by atoms with Gasteiger partial charge in [0.25, 0.3) is 0 Å². The lowest BCUT2D eigenvalue weighted by Crippen LogP contribution is -2.05. The van der Waals surface area contributed by atoms with E-state index in [-0.39, 0.29) is 12.4 Å². The minimum atomic E-state index is -4.39. The van der Waals surface area contributed by atoms with Gasteiger partial charge in [-0.2, -0.15) is 13.2 Å². The Kier molecular flexibility index (Phi) is 4.29. The van der Waals surface area contributed by atoms with Crippen LogP contribution >= 0.6 is 0 Å². The average molecular weight is 333 g/mol. The van der Waals surface area contributed by atoms with Crippen LogP contribution in [0.25, 0.3) is 10.9 Å². The second-order valence-corrected chi connectivity index (χ2v) is 5.15. The number of nitrogens with zero attached hydrogens (tertiary/aromatic N) is 1. The highest BCUT2D eigenvalue weighted by molar-refractivity contribution is 5.84. The SMILES string of the molecule is COc1cccc2ccc(COc3cccc(C(F)(F)F)c3)nc12. The molecule has 0 atom stereocenters. The summed E-state index contributed by atoms with van der Waals surface area (Å²) in [5, 5.41) is 0.914. The van der Waals surface area contributed by atoms with Crippen LogP contribution in [0.3, 0.4) is 0 Å². The maximum Gasteiger partial charge on any atom is 0.416 e. The molecule has 0 fully saturated rings. The van der Waals surface area contributed by atoms with Gasteiger partial charge in [0.2, 0.25) is 0 Å². The highest BCUT2D eigenvalue weighted by atomic mass is 19.4. The number of hydrogen-bond donors (Lipinski definition) is 0. The number of hydrogen-bond acceptors (Lipinski definition) is 3. The first-order chi connectivity index (χ1) is 11.5. The third-order valence-corrected chi connectivity index (χ3v) is 3.51. The highest BCUT2D eigenvalue weighted by Gasteiger charge is 2.30. The standard InChI is InChI=1S/C18H14F3NO2/c1-23-16-7-2-4-12-8-9-14(22-17(12)16)11-24-15-6-3-5-13(10-15)18(19,20)21/h2-10H,11H2,1H3. The molecule has 0 amide bonds. The minimum absolute atomic E-state index is 0.0648. The molecule has 3 aromatic rings. The molecule has 0 aliphatic carbocycles. The Morgan fingerprint density at radius 1 is 1.00 bits per heavy atom. The van der Waals surface area contributed by atoms with Gasteiger partial charge in [-0.25, -0.2) is 4.98 Å². The van der Waals surface area contributed by atoms with Crippen molar-refractivity contribution in [3.63, 3.8) is 0 Å². The summed E-state index contributed by atoms with van der Waals surface area (Å²) in [6.07, 6.45) is -4.39. The first-order valence-electron chi connectivity index (χ1n) is 7.20. The van der Waals surface area contributed by atoms with Crippen LogP contribution in [0.2, 0.25) is 0 Å². The normalized spacial score (nSPS) is 11.5. The predicted molar refractivity (Wildman–Crippen MR) is 84.1 cm³/mol. The molecule has 124 valence electrons. The van der Waals surface area contributed by atoms with E-state index in [1.54, 1.807) is 19.2 Å². The van der Waals surface area contributed by atoms with Crippen molar-refractivity contribution in [2.75, 3.05) is 7.11 Å². The molecule has 24 heavy (non-hydrogen) atoms. The third-order valence-electron chi connectivity index (χ3n) is 3.51. The Bertz CT molecular complexity index is 862. The molecular formula is C18H14F3NO2. The quantitative estimate of drug-likeness (QED) is 0.684. The maximum absolute atomic E-state index is 12.7. The number of methoxy groups -OCH3 is 1. The molecule has 1 heterocycles. The Morgan fingerprint density at radius 2 is 1.79 bits per heavy atom. The molecule has 0 unspecified atom stereocenters. The molecule has 0 radical (unpaired) electrons. The van der Waals surface area contributed by atoms with Crippen molar-refractivity contribution in [3.8, 4) is 11.5 Å². The van der Waals surface area contributed by atoms with E-state index in [9.17, 15) is 13.2 Å². The van der Waals surface area contributed by atoms with E-state index in [1.807, 2.05) is 18.2 Å². The van der Waals surface area contributed by atoms with Crippen LogP contribution < -0.4 is 9.47 Å². The fourth-order valence-corrected chi connectivity index (χ4v) is 2.32. The summed E-state index contributed by atoms with van der Waals surface area (Å²) >= 11 is 0. The Morgan fingerprint density at radius 3 is 2.54 bits per heavy atom. The van der Waals surface area contributed by atoms with Crippen LogP contribution in [-0.2, 0) is 12.8 Å². The smallest absolute Gasteiger partial charge is 0.416 e. The molecule has 1 aromatic heterocycles. The van der Waals surface area contributed by atoms with Crippen LogP contribution in [0.5, 0.6) is 11.5 Å². The summed E-state index contributed by atoms with van der Waals surface area (Å²) in [6, 6.07) is 14.0. The monoisotopic (exact) mass is 333 g/mol. The molecule has 0 aliphatic rings. The van der Waals surface area contributed by atoms with Crippen molar-refractivity contribution in [3.05, 3.63) is 65.9 Å². The highest BCUT2D eigenvalue weighted by Crippen LogP contribution is 2.31. The number of fused-ring (bicyclic) bond motifs is 1. The van der Waals surface area contributed by atoms with Gasteiger partial charge >= 0.3 is 6.18 Å². The summed E-state index contributed by atoms with van der Waals surface area (Å²) in [6.45, 7) is 0.0648. The number of pyridine rings is 1. The van der Waals surface area contributed by atoms with Gasteiger partial charge in [-0.15, -0.1) is 0 Å².